The summed E-state index contributed by atoms with van der Waals surface area (Å²) >= 11 is 0. The number of alkyl halides is 3. The van der Waals surface area contributed by atoms with Gasteiger partial charge in [0, 0.05) is 36.3 Å². The first-order valence-electron chi connectivity index (χ1n) is 16.1. The largest absolute Gasteiger partial charge is 0.573 e. The van der Waals surface area contributed by atoms with Gasteiger partial charge >= 0.3 is 6.36 Å². The number of ketones is 2. The molecule has 0 saturated carbocycles. The van der Waals surface area contributed by atoms with Crippen molar-refractivity contribution >= 4 is 36.5 Å². The number of carbonyl (C=O) groups excluding carboxylic acids is 2. The summed E-state index contributed by atoms with van der Waals surface area (Å²) in [4.78, 5) is 26.1. The fourth-order valence-corrected chi connectivity index (χ4v) is 9.45. The van der Waals surface area contributed by atoms with Crippen LogP contribution in [-0.4, -0.2) is 86.1 Å². The molecule has 0 radical (unpaired) electrons. The molecule has 2 saturated heterocycles. The minimum Gasteiger partial charge on any atom is -0.415 e. The van der Waals surface area contributed by atoms with E-state index in [2.05, 4.69) is 77.5 Å². The first-order valence-corrected chi connectivity index (χ1v) is 26.3. The smallest absolute Gasteiger partial charge is 0.415 e. The summed E-state index contributed by atoms with van der Waals surface area (Å²) in [5.74, 6) is -1.31. The number of hydrogen-bond acceptors (Lipinski definition) is 8. The monoisotopic (exact) mass is 706 g/mol. The molecule has 2 heterocycles. The Morgan fingerprint density at radius 2 is 1.43 bits per heavy atom. The average molecular weight is 707 g/mol. The first kappa shape index (κ1) is 39.0. The van der Waals surface area contributed by atoms with Crippen LogP contribution in [0.25, 0.3) is 0 Å². The summed E-state index contributed by atoms with van der Waals surface area (Å²) in [5.41, 5.74) is 0.135. The van der Waals surface area contributed by atoms with Crippen molar-refractivity contribution in [2.75, 3.05) is 6.61 Å². The maximum Gasteiger partial charge on any atom is 0.573 e. The zero-order valence-electron chi connectivity index (χ0n) is 29.2. The van der Waals surface area contributed by atoms with Gasteiger partial charge in [0.05, 0.1) is 43.5 Å². The van der Waals surface area contributed by atoms with Gasteiger partial charge in [-0.3, -0.25) is 9.59 Å². The summed E-state index contributed by atoms with van der Waals surface area (Å²) < 4.78 is 73.8. The second kappa shape index (κ2) is 15.0. The summed E-state index contributed by atoms with van der Waals surface area (Å²) in [6, 6.07) is 4.58. The minimum absolute atomic E-state index is 0.0108. The Balaban J connectivity index is 1.72. The van der Waals surface area contributed by atoms with Gasteiger partial charge in [-0.05, 0) is 90.1 Å². The maximum absolute atomic E-state index is 13.2. The number of carbonyl (C=O) groups is 2. The van der Waals surface area contributed by atoms with Crippen molar-refractivity contribution in [1.82, 2.24) is 0 Å². The normalized spacial score (nSPS) is 27.2. The molecule has 2 aliphatic rings. The Bertz CT molecular complexity index is 1180. The van der Waals surface area contributed by atoms with E-state index in [4.69, 9.17) is 22.8 Å². The molecule has 262 valence electrons. The van der Waals surface area contributed by atoms with E-state index in [0.717, 1.165) is 12.1 Å². The van der Waals surface area contributed by atoms with Crippen LogP contribution in [0.15, 0.2) is 24.3 Å². The van der Waals surface area contributed by atoms with Gasteiger partial charge < -0.3 is 27.5 Å². The van der Waals surface area contributed by atoms with Crippen LogP contribution in [0, 0.1) is 11.8 Å². The summed E-state index contributed by atoms with van der Waals surface area (Å²) in [7, 11) is -5.91. The molecule has 8 atom stereocenters. The van der Waals surface area contributed by atoms with E-state index in [-0.39, 0.29) is 67.0 Å². The molecule has 1 aromatic rings. The second-order valence-corrected chi connectivity index (χ2v) is 29.0. The predicted octanol–water partition coefficient (Wildman–Crippen LogP) is 7.61. The molecule has 0 bridgehead atoms. The molecule has 3 rings (SSSR count). The molecular weight excluding hydrogens is 654 g/mol. The minimum atomic E-state index is -4.83. The number of rotatable bonds is 16. The highest BCUT2D eigenvalue weighted by Gasteiger charge is 2.52. The Morgan fingerprint density at radius 3 is 1.96 bits per heavy atom. The van der Waals surface area contributed by atoms with Crippen molar-refractivity contribution in [1.29, 1.82) is 0 Å². The molecule has 0 N–H and O–H groups in total. The lowest BCUT2D eigenvalue weighted by atomic mass is 9.85. The van der Waals surface area contributed by atoms with E-state index in [9.17, 15) is 22.8 Å². The molecule has 2 fully saturated rings. The first-order chi connectivity index (χ1) is 20.9. The van der Waals surface area contributed by atoms with Crippen LogP contribution < -0.4 is 4.74 Å². The number of benzene rings is 1. The standard InChI is InChI=1S/C32H53F3O8Si3/c1-20(21(2)41-44(3,4)5)29-28(39-29)18-27-31(43-46(9,10)11)30(42-45(6,7)8)23(19-38-27)16-24(36)17-26(37)22-12-14-25(15-13-22)40-32(33,34)35/h12-15,20-21,23,27-31H,16-19H2,1-11H3/t20-,21+,23+,27+,28+,29+,30-,31-/m1/s1. The van der Waals surface area contributed by atoms with Gasteiger partial charge in [-0.15, -0.1) is 13.2 Å². The van der Waals surface area contributed by atoms with Gasteiger partial charge in [-0.2, -0.15) is 0 Å². The molecule has 0 aliphatic carbocycles. The number of ether oxygens (including phenoxy) is 3. The van der Waals surface area contributed by atoms with E-state index in [0.29, 0.717) is 6.42 Å². The Kier molecular flexibility index (Phi) is 12.7. The van der Waals surface area contributed by atoms with Crippen molar-refractivity contribution in [3.05, 3.63) is 29.8 Å². The van der Waals surface area contributed by atoms with Crippen molar-refractivity contribution in [2.45, 2.75) is 135 Å². The number of epoxide rings is 1. The third kappa shape index (κ3) is 12.9. The van der Waals surface area contributed by atoms with Crippen LogP contribution >= 0.6 is 0 Å². The Hall–Kier alpha value is -1.40. The second-order valence-electron chi connectivity index (χ2n) is 15.6. The van der Waals surface area contributed by atoms with Gasteiger partial charge in [0.25, 0.3) is 0 Å². The number of hydrogen-bond donors (Lipinski definition) is 0. The molecule has 0 spiro atoms. The molecule has 1 aromatic carbocycles. The third-order valence-electron chi connectivity index (χ3n) is 7.80. The molecule has 0 aromatic heterocycles. The molecule has 0 unspecified atom stereocenters. The molecule has 46 heavy (non-hydrogen) atoms. The van der Waals surface area contributed by atoms with Crippen LogP contribution in [0.2, 0.25) is 58.9 Å². The topological polar surface area (TPSA) is 92.8 Å². The quantitative estimate of drug-likeness (QED) is 0.0751. The summed E-state index contributed by atoms with van der Waals surface area (Å²) in [6.45, 7) is 23.7. The lowest BCUT2D eigenvalue weighted by molar-refractivity contribution is -0.274. The van der Waals surface area contributed by atoms with E-state index in [1.165, 1.54) is 12.1 Å². The fraction of sp³-hybridized carbons (Fsp3) is 0.750. The van der Waals surface area contributed by atoms with E-state index in [1.807, 2.05) is 0 Å². The zero-order chi connectivity index (χ0) is 34.8. The van der Waals surface area contributed by atoms with E-state index in [1.54, 1.807) is 0 Å². The van der Waals surface area contributed by atoms with E-state index < -0.39 is 55.1 Å². The molecule has 14 heteroatoms. The van der Waals surface area contributed by atoms with Crippen molar-refractivity contribution in [3.8, 4) is 5.75 Å². The van der Waals surface area contributed by atoms with Crippen molar-refractivity contribution in [3.63, 3.8) is 0 Å². The van der Waals surface area contributed by atoms with E-state index >= 15 is 0 Å². The predicted molar refractivity (Wildman–Crippen MR) is 178 cm³/mol. The van der Waals surface area contributed by atoms with Crippen molar-refractivity contribution < 1.29 is 50.2 Å². The lowest BCUT2D eigenvalue weighted by Crippen LogP contribution is -2.58. The van der Waals surface area contributed by atoms with Gasteiger partial charge in [-0.1, -0.05) is 6.92 Å². The van der Waals surface area contributed by atoms with Crippen molar-refractivity contribution in [2.24, 2.45) is 11.8 Å². The van der Waals surface area contributed by atoms with Crippen LogP contribution in [0.5, 0.6) is 5.75 Å². The maximum atomic E-state index is 13.2. The van der Waals surface area contributed by atoms with Crippen LogP contribution in [0.4, 0.5) is 13.2 Å². The highest BCUT2D eigenvalue weighted by Crippen LogP contribution is 2.40. The number of Topliss-reactive ketones (excluding diaryl/α,β-unsaturated/α-hetero) is 2. The lowest BCUT2D eigenvalue weighted by Gasteiger charge is -2.47. The van der Waals surface area contributed by atoms with Crippen LogP contribution in [0.1, 0.15) is 43.5 Å². The highest BCUT2D eigenvalue weighted by molar-refractivity contribution is 6.70. The van der Waals surface area contributed by atoms with Gasteiger partial charge in [0.1, 0.15) is 11.5 Å². The fourth-order valence-electron chi connectivity index (χ4n) is 5.87. The zero-order valence-corrected chi connectivity index (χ0v) is 32.2. The Labute approximate surface area is 275 Å². The highest BCUT2D eigenvalue weighted by atomic mass is 28.4. The average Bonchev–Trinajstić information content (AvgIpc) is 3.63. The van der Waals surface area contributed by atoms with Gasteiger partial charge in [-0.25, -0.2) is 0 Å². The van der Waals surface area contributed by atoms with Crippen LogP contribution in [-0.2, 0) is 27.5 Å². The summed E-state index contributed by atoms with van der Waals surface area (Å²) in [5, 5.41) is 0. The number of halogens is 3. The molecular formula is C32H53F3O8Si3. The third-order valence-corrected chi connectivity index (χ3v) is 10.8. The SMILES string of the molecule is C[C@@H]([C@@H]1O[C@H]1C[C@@H]1OC[C@H](CC(=O)CC(=O)c2ccc(OC(F)(F)F)cc2)[C@@H](O[Si](C)(C)C)[C@@H]1O[Si](C)(C)C)[C@H](C)O[Si](C)(C)C. The van der Waals surface area contributed by atoms with Gasteiger partial charge in [0.15, 0.2) is 30.7 Å². The van der Waals surface area contributed by atoms with Gasteiger partial charge in [0.2, 0.25) is 0 Å². The molecule has 0 amide bonds. The Morgan fingerprint density at radius 1 is 0.870 bits per heavy atom. The van der Waals surface area contributed by atoms with Crippen LogP contribution in [0.3, 0.4) is 0 Å². The molecule has 2 aliphatic heterocycles. The summed E-state index contributed by atoms with van der Waals surface area (Å²) in [6.07, 6.45) is -5.45. The molecule has 8 nitrogen and oxygen atoms in total.